The van der Waals surface area contributed by atoms with Crippen molar-refractivity contribution in [2.24, 2.45) is 11.1 Å². The third kappa shape index (κ3) is 7.62. The molecule has 0 spiro atoms. The van der Waals surface area contributed by atoms with E-state index in [0.29, 0.717) is 13.0 Å². The standard InChI is InChI=1S/C14H14N2OS.C10H19NO2.CH5N/c1-10-13(18-9-15-10)11-2-4-12(5-3-11)14(6-7-14)16-8-17;1-10(2,3)6-9(13)11-5-4-8(12)7-11;1-2/h2-5,8-9H,6-7H2,1H3,(H,16,17);8,12H,4-7H2,1-3H3;2H2,1H3. The lowest BCUT2D eigenvalue weighted by Gasteiger charge is -2.22. The Kier molecular flexibility index (Phi) is 9.57. The van der Waals surface area contributed by atoms with E-state index in [0.717, 1.165) is 37.9 Å². The van der Waals surface area contributed by atoms with Crippen LogP contribution in [-0.4, -0.2) is 53.5 Å². The molecule has 4 N–H and O–H groups in total. The van der Waals surface area contributed by atoms with Crippen LogP contribution < -0.4 is 11.1 Å². The molecule has 1 saturated heterocycles. The number of hydrogen-bond acceptors (Lipinski definition) is 6. The minimum absolute atomic E-state index is 0.0463. The quantitative estimate of drug-likeness (QED) is 0.575. The Morgan fingerprint density at radius 2 is 1.94 bits per heavy atom. The number of hydrogen-bond donors (Lipinski definition) is 3. The van der Waals surface area contributed by atoms with Crippen LogP contribution in [0.2, 0.25) is 0 Å². The summed E-state index contributed by atoms with van der Waals surface area (Å²) in [7, 11) is 1.50. The van der Waals surface area contributed by atoms with Gasteiger partial charge in [0.2, 0.25) is 12.3 Å². The number of nitrogens with zero attached hydrogens (tertiary/aromatic N) is 2. The highest BCUT2D eigenvalue weighted by Crippen LogP contribution is 2.45. The number of aliphatic hydroxyl groups excluding tert-OH is 1. The van der Waals surface area contributed by atoms with Gasteiger partial charge >= 0.3 is 0 Å². The van der Waals surface area contributed by atoms with E-state index in [9.17, 15) is 14.7 Å². The topological polar surface area (TPSA) is 109 Å². The Balaban J connectivity index is 0.000000228. The first kappa shape index (κ1) is 27.0. The summed E-state index contributed by atoms with van der Waals surface area (Å²) in [5.41, 5.74) is 9.78. The van der Waals surface area contributed by atoms with Gasteiger partial charge in [0.25, 0.3) is 0 Å². The molecule has 7 nitrogen and oxygen atoms in total. The van der Waals surface area contributed by atoms with E-state index >= 15 is 0 Å². The minimum atomic E-state index is -0.302. The number of rotatable bonds is 5. The van der Waals surface area contributed by atoms with E-state index in [1.165, 1.54) is 23.1 Å². The zero-order valence-electron chi connectivity index (χ0n) is 20.4. The smallest absolute Gasteiger partial charge is 0.223 e. The van der Waals surface area contributed by atoms with Crippen molar-refractivity contribution in [3.8, 4) is 10.4 Å². The summed E-state index contributed by atoms with van der Waals surface area (Å²) < 4.78 is 0. The molecule has 182 valence electrons. The molecule has 1 unspecified atom stereocenters. The van der Waals surface area contributed by atoms with Crippen molar-refractivity contribution in [2.45, 2.75) is 65.0 Å². The summed E-state index contributed by atoms with van der Waals surface area (Å²) in [6.45, 7) is 9.42. The fraction of sp³-hybridized carbons (Fsp3) is 0.560. The number of benzene rings is 1. The Bertz CT molecular complexity index is 901. The highest BCUT2D eigenvalue weighted by molar-refractivity contribution is 7.13. The van der Waals surface area contributed by atoms with Gasteiger partial charge in [-0.05, 0) is 49.8 Å². The number of nitrogens with one attached hydrogen (secondary N) is 1. The molecule has 1 aliphatic carbocycles. The largest absolute Gasteiger partial charge is 0.391 e. The molecule has 33 heavy (non-hydrogen) atoms. The SMILES string of the molecule is CC(C)(C)CC(=O)N1CCC(O)C1.CN.Cc1ncsc1-c1ccc(C2(NC=O)CC2)cc1. The Hall–Kier alpha value is -2.29. The van der Waals surface area contributed by atoms with Gasteiger partial charge in [-0.3, -0.25) is 9.59 Å². The average Bonchev–Trinajstić information content (AvgIpc) is 3.21. The molecule has 1 aliphatic heterocycles. The number of thiazole rings is 1. The van der Waals surface area contributed by atoms with Crippen molar-refractivity contribution in [2.75, 3.05) is 20.1 Å². The molecule has 1 atom stereocenters. The molecular weight excluding hydrogens is 436 g/mol. The van der Waals surface area contributed by atoms with Crippen molar-refractivity contribution in [3.05, 3.63) is 41.0 Å². The first-order valence-electron chi connectivity index (χ1n) is 11.4. The number of aliphatic hydroxyl groups is 1. The fourth-order valence-corrected chi connectivity index (χ4v) is 4.62. The Labute approximate surface area is 201 Å². The van der Waals surface area contributed by atoms with Gasteiger partial charge in [-0.1, -0.05) is 45.0 Å². The van der Waals surface area contributed by atoms with Gasteiger partial charge < -0.3 is 21.1 Å². The third-order valence-corrected chi connectivity index (χ3v) is 6.71. The normalized spacial score (nSPS) is 18.4. The van der Waals surface area contributed by atoms with Gasteiger partial charge in [-0.2, -0.15) is 0 Å². The van der Waals surface area contributed by atoms with Crippen LogP contribution in [0, 0.1) is 12.3 Å². The maximum Gasteiger partial charge on any atom is 0.223 e. The molecule has 8 heteroatoms. The summed E-state index contributed by atoms with van der Waals surface area (Å²) in [6, 6.07) is 8.45. The van der Waals surface area contributed by atoms with Crippen LogP contribution in [0.25, 0.3) is 10.4 Å². The second-order valence-electron chi connectivity index (χ2n) is 9.71. The second-order valence-corrected chi connectivity index (χ2v) is 10.6. The number of carbonyl (C=O) groups is 2. The van der Waals surface area contributed by atoms with Crippen molar-refractivity contribution >= 4 is 23.7 Å². The molecular formula is C25H38N4O3S. The monoisotopic (exact) mass is 474 g/mol. The van der Waals surface area contributed by atoms with Gasteiger partial charge in [0.1, 0.15) is 0 Å². The highest BCUT2D eigenvalue weighted by atomic mass is 32.1. The Morgan fingerprint density at radius 1 is 1.30 bits per heavy atom. The maximum atomic E-state index is 11.6. The summed E-state index contributed by atoms with van der Waals surface area (Å²) in [5.74, 6) is 0.170. The summed E-state index contributed by atoms with van der Waals surface area (Å²) in [4.78, 5) is 29.5. The number of nitrogens with two attached hydrogens (primary N) is 1. The van der Waals surface area contributed by atoms with Gasteiger partial charge in [-0.25, -0.2) is 4.98 Å². The van der Waals surface area contributed by atoms with Crippen LogP contribution in [0.4, 0.5) is 0 Å². The molecule has 0 bridgehead atoms. The average molecular weight is 475 g/mol. The number of likely N-dealkylation sites (tertiary alicyclic amines) is 1. The lowest BCUT2D eigenvalue weighted by atomic mass is 9.92. The van der Waals surface area contributed by atoms with Crippen LogP contribution in [0.15, 0.2) is 29.8 Å². The predicted molar refractivity (Wildman–Crippen MR) is 134 cm³/mol. The summed E-state index contributed by atoms with van der Waals surface area (Å²) >= 11 is 1.66. The van der Waals surface area contributed by atoms with Crippen LogP contribution in [0.3, 0.4) is 0 Å². The molecule has 2 aromatic rings. The number of aryl methyl sites for hydroxylation is 1. The highest BCUT2D eigenvalue weighted by Gasteiger charge is 2.43. The molecule has 2 aliphatic rings. The summed E-state index contributed by atoms with van der Waals surface area (Å²) in [6.07, 6.45) is 3.86. The summed E-state index contributed by atoms with van der Waals surface area (Å²) in [5, 5.41) is 12.2. The van der Waals surface area contributed by atoms with E-state index in [1.54, 1.807) is 16.2 Å². The second kappa shape index (κ2) is 11.7. The van der Waals surface area contributed by atoms with Gasteiger partial charge in [0, 0.05) is 19.5 Å². The van der Waals surface area contributed by atoms with E-state index in [1.807, 2.05) is 12.4 Å². The number of aromatic nitrogens is 1. The van der Waals surface area contributed by atoms with E-state index in [2.05, 4.69) is 61.1 Å². The van der Waals surface area contributed by atoms with Crippen LogP contribution in [0.5, 0.6) is 0 Å². The molecule has 2 fully saturated rings. The minimum Gasteiger partial charge on any atom is -0.391 e. The first-order chi connectivity index (χ1) is 15.6. The van der Waals surface area contributed by atoms with E-state index in [-0.39, 0.29) is 23.0 Å². The first-order valence-corrected chi connectivity index (χ1v) is 12.3. The van der Waals surface area contributed by atoms with Gasteiger partial charge in [-0.15, -0.1) is 11.3 Å². The number of β-amino-alcohol motifs (C(OH)–C–C–N with tert-alkyl or cyclic N) is 1. The van der Waals surface area contributed by atoms with Crippen LogP contribution >= 0.6 is 11.3 Å². The van der Waals surface area contributed by atoms with Crippen LogP contribution in [0.1, 0.15) is 57.7 Å². The van der Waals surface area contributed by atoms with Crippen LogP contribution in [-0.2, 0) is 15.1 Å². The van der Waals surface area contributed by atoms with Crippen molar-refractivity contribution in [3.63, 3.8) is 0 Å². The predicted octanol–water partition coefficient (Wildman–Crippen LogP) is 3.44. The molecule has 1 aromatic carbocycles. The third-order valence-electron chi connectivity index (χ3n) is 5.73. The zero-order valence-corrected chi connectivity index (χ0v) is 21.2. The maximum absolute atomic E-state index is 11.6. The zero-order chi connectivity index (χ0) is 24.6. The number of carbonyl (C=O) groups excluding carboxylic acids is 2. The molecule has 2 amide bonds. The number of amides is 2. The Morgan fingerprint density at radius 3 is 2.36 bits per heavy atom. The molecule has 1 saturated carbocycles. The lowest BCUT2D eigenvalue weighted by molar-refractivity contribution is -0.132. The molecule has 1 aromatic heterocycles. The fourth-order valence-electron chi connectivity index (χ4n) is 3.81. The van der Waals surface area contributed by atoms with E-state index < -0.39 is 0 Å². The molecule has 0 radical (unpaired) electrons. The van der Waals surface area contributed by atoms with Gasteiger partial charge in [0.05, 0.1) is 27.7 Å². The molecule has 2 heterocycles. The van der Waals surface area contributed by atoms with Crippen molar-refractivity contribution in [1.29, 1.82) is 0 Å². The van der Waals surface area contributed by atoms with E-state index in [4.69, 9.17) is 0 Å². The molecule has 4 rings (SSSR count). The van der Waals surface area contributed by atoms with Crippen molar-refractivity contribution < 1.29 is 14.7 Å². The van der Waals surface area contributed by atoms with Crippen molar-refractivity contribution in [1.82, 2.24) is 15.2 Å². The lowest BCUT2D eigenvalue weighted by Crippen LogP contribution is -2.32. The van der Waals surface area contributed by atoms with Gasteiger partial charge in [0.15, 0.2) is 0 Å².